The lowest BCUT2D eigenvalue weighted by Gasteiger charge is -2.21. The van der Waals surface area contributed by atoms with Crippen molar-refractivity contribution in [2.75, 3.05) is 12.5 Å². The van der Waals surface area contributed by atoms with Crippen LogP contribution in [0, 0.1) is 0 Å². The van der Waals surface area contributed by atoms with Crippen LogP contribution in [0.15, 0.2) is 24.3 Å². The Balaban J connectivity index is 3.10. The van der Waals surface area contributed by atoms with Gasteiger partial charge in [-0.1, -0.05) is 12.1 Å². The van der Waals surface area contributed by atoms with Crippen molar-refractivity contribution >= 4 is 25.8 Å². The Labute approximate surface area is 84.1 Å². The highest BCUT2D eigenvalue weighted by Gasteiger charge is 2.21. The van der Waals surface area contributed by atoms with E-state index in [2.05, 4.69) is 11.7 Å². The Morgan fingerprint density at radius 2 is 1.92 bits per heavy atom. The minimum absolute atomic E-state index is 0.0297. The molecular formula is C9H12O2S2. The second kappa shape index (κ2) is 3.64. The molecule has 0 bridgehead atoms. The van der Waals surface area contributed by atoms with Crippen LogP contribution < -0.4 is 0 Å². The monoisotopic (exact) mass is 216 g/mol. The highest BCUT2D eigenvalue weighted by molar-refractivity contribution is 8.93. The van der Waals surface area contributed by atoms with Crippen molar-refractivity contribution in [3.8, 4) is 5.75 Å². The SMILES string of the molecule is CS(C)(S)C(=O)c1ccccc1O. The van der Waals surface area contributed by atoms with Gasteiger partial charge in [-0.05, 0) is 24.6 Å². The van der Waals surface area contributed by atoms with Crippen LogP contribution in [0.4, 0.5) is 0 Å². The van der Waals surface area contributed by atoms with E-state index in [9.17, 15) is 9.90 Å². The van der Waals surface area contributed by atoms with E-state index in [0.717, 1.165) is 0 Å². The molecule has 4 heteroatoms. The molecule has 13 heavy (non-hydrogen) atoms. The summed E-state index contributed by atoms with van der Waals surface area (Å²) < 4.78 is 0. The normalized spacial score (nSPS) is 12.5. The largest absolute Gasteiger partial charge is 0.507 e. The van der Waals surface area contributed by atoms with Crippen LogP contribution in [-0.4, -0.2) is 22.7 Å². The molecular weight excluding hydrogens is 204 g/mol. The van der Waals surface area contributed by atoms with Gasteiger partial charge in [-0.3, -0.25) is 4.79 Å². The maximum absolute atomic E-state index is 11.7. The van der Waals surface area contributed by atoms with Gasteiger partial charge >= 0.3 is 0 Å². The zero-order chi connectivity index (χ0) is 10.1. The third-order valence-corrected chi connectivity index (χ3v) is 3.20. The molecule has 2 nitrogen and oxygen atoms in total. The first-order chi connectivity index (χ1) is 5.93. The molecule has 0 aliphatic heterocycles. The standard InChI is InChI=1S/C9H12O2S2/c1-13(2,12)9(11)7-5-3-4-6-8(7)10/h3-6,10,12H,1-2H3. The molecule has 0 saturated carbocycles. The van der Waals surface area contributed by atoms with E-state index in [1.165, 1.54) is 6.07 Å². The molecule has 0 saturated heterocycles. The minimum Gasteiger partial charge on any atom is -0.507 e. The van der Waals surface area contributed by atoms with Crippen molar-refractivity contribution in [2.45, 2.75) is 0 Å². The van der Waals surface area contributed by atoms with Crippen LogP contribution >= 0.6 is 20.7 Å². The third kappa shape index (κ3) is 2.42. The molecule has 0 atom stereocenters. The van der Waals surface area contributed by atoms with Crippen molar-refractivity contribution in [1.82, 2.24) is 0 Å². The molecule has 0 spiro atoms. The lowest BCUT2D eigenvalue weighted by Crippen LogP contribution is -2.04. The Kier molecular flexibility index (Phi) is 2.93. The number of hydrogen-bond donors (Lipinski definition) is 2. The number of benzene rings is 1. The molecule has 0 aliphatic rings. The van der Waals surface area contributed by atoms with Gasteiger partial charge in [0.25, 0.3) is 0 Å². The van der Waals surface area contributed by atoms with Gasteiger partial charge in [0.05, 0.1) is 5.56 Å². The van der Waals surface area contributed by atoms with Gasteiger partial charge in [0.2, 0.25) is 5.12 Å². The summed E-state index contributed by atoms with van der Waals surface area (Å²) in [4.78, 5) is 11.7. The summed E-state index contributed by atoms with van der Waals surface area (Å²) in [7, 11) is -1.58. The Morgan fingerprint density at radius 1 is 1.38 bits per heavy atom. The highest BCUT2D eigenvalue weighted by Crippen LogP contribution is 2.48. The molecule has 72 valence electrons. The van der Waals surface area contributed by atoms with Gasteiger partial charge in [-0.25, -0.2) is 0 Å². The molecule has 0 fully saturated rings. The minimum atomic E-state index is -1.58. The van der Waals surface area contributed by atoms with Crippen LogP contribution in [0.3, 0.4) is 0 Å². The van der Waals surface area contributed by atoms with Gasteiger partial charge in [0, 0.05) is 0 Å². The number of phenolic OH excluding ortho intramolecular Hbond substituents is 1. The number of hydrogen-bond acceptors (Lipinski definition) is 3. The average molecular weight is 216 g/mol. The molecule has 0 radical (unpaired) electrons. The van der Waals surface area contributed by atoms with E-state index in [-0.39, 0.29) is 10.9 Å². The number of carbonyl (C=O) groups is 1. The van der Waals surface area contributed by atoms with Gasteiger partial charge < -0.3 is 5.11 Å². The first-order valence-corrected chi connectivity index (χ1v) is 7.21. The Bertz CT molecular complexity index is 329. The van der Waals surface area contributed by atoms with E-state index in [1.54, 1.807) is 30.7 Å². The lowest BCUT2D eigenvalue weighted by molar-refractivity contribution is 0.108. The first kappa shape index (κ1) is 10.5. The van der Waals surface area contributed by atoms with Crippen LogP contribution in [-0.2, 0) is 0 Å². The number of thiol groups is 1. The maximum Gasteiger partial charge on any atom is 0.214 e. The van der Waals surface area contributed by atoms with Crippen molar-refractivity contribution in [1.29, 1.82) is 0 Å². The predicted molar refractivity (Wildman–Crippen MR) is 60.9 cm³/mol. The fourth-order valence-electron chi connectivity index (χ4n) is 0.915. The molecule has 1 N–H and O–H groups in total. The van der Waals surface area contributed by atoms with Crippen molar-refractivity contribution in [3.63, 3.8) is 0 Å². The third-order valence-electron chi connectivity index (χ3n) is 1.58. The molecule has 0 unspecified atom stereocenters. The van der Waals surface area contributed by atoms with Crippen LogP contribution in [0.1, 0.15) is 10.4 Å². The molecule has 0 heterocycles. The predicted octanol–water partition coefficient (Wildman–Crippen LogP) is 2.44. The fraction of sp³-hybridized carbons (Fsp3) is 0.222. The van der Waals surface area contributed by atoms with E-state index in [1.807, 2.05) is 0 Å². The zero-order valence-corrected chi connectivity index (χ0v) is 9.23. The summed E-state index contributed by atoms with van der Waals surface area (Å²) in [6.07, 6.45) is 3.57. The van der Waals surface area contributed by atoms with Crippen molar-refractivity contribution < 1.29 is 9.90 Å². The molecule has 0 aromatic heterocycles. The van der Waals surface area contributed by atoms with Gasteiger partial charge in [-0.2, -0.15) is 0 Å². The molecule has 0 amide bonds. The van der Waals surface area contributed by atoms with E-state index < -0.39 is 9.06 Å². The Morgan fingerprint density at radius 3 is 2.38 bits per heavy atom. The number of para-hydroxylation sites is 1. The number of carbonyl (C=O) groups excluding carboxylic acids is 1. The van der Waals surface area contributed by atoms with E-state index in [0.29, 0.717) is 5.56 Å². The van der Waals surface area contributed by atoms with Crippen LogP contribution in [0.5, 0.6) is 5.75 Å². The summed E-state index contributed by atoms with van der Waals surface area (Å²) in [5.41, 5.74) is 0.359. The second-order valence-corrected chi connectivity index (χ2v) is 8.73. The molecule has 0 aliphatic carbocycles. The molecule has 1 aromatic carbocycles. The van der Waals surface area contributed by atoms with Crippen LogP contribution in [0.2, 0.25) is 0 Å². The van der Waals surface area contributed by atoms with E-state index in [4.69, 9.17) is 0 Å². The summed E-state index contributed by atoms with van der Waals surface area (Å²) in [5.74, 6) is 0.0297. The van der Waals surface area contributed by atoms with Crippen molar-refractivity contribution in [2.24, 2.45) is 0 Å². The number of phenols is 1. The first-order valence-electron chi connectivity index (χ1n) is 3.71. The fourth-order valence-corrected chi connectivity index (χ4v) is 1.92. The highest BCUT2D eigenvalue weighted by atomic mass is 33.1. The topological polar surface area (TPSA) is 37.3 Å². The number of aromatic hydroxyl groups is 1. The summed E-state index contributed by atoms with van der Waals surface area (Å²) >= 11 is 4.23. The van der Waals surface area contributed by atoms with Crippen molar-refractivity contribution in [3.05, 3.63) is 29.8 Å². The van der Waals surface area contributed by atoms with Gasteiger partial charge in [0.15, 0.2) is 0 Å². The lowest BCUT2D eigenvalue weighted by atomic mass is 10.2. The maximum atomic E-state index is 11.7. The Hall–Kier alpha value is -0.610. The summed E-state index contributed by atoms with van der Waals surface area (Å²) in [6, 6.07) is 6.54. The number of rotatable bonds is 1. The van der Waals surface area contributed by atoms with Gasteiger partial charge in [-0.15, -0.1) is 20.7 Å². The summed E-state index contributed by atoms with van der Waals surface area (Å²) in [5, 5.41) is 9.31. The smallest absolute Gasteiger partial charge is 0.214 e. The average Bonchev–Trinajstić information content (AvgIpc) is 2.02. The molecule has 1 aromatic rings. The quantitative estimate of drug-likeness (QED) is 0.559. The van der Waals surface area contributed by atoms with E-state index >= 15 is 0 Å². The second-order valence-electron chi connectivity index (χ2n) is 3.08. The molecule has 1 rings (SSSR count). The van der Waals surface area contributed by atoms with Gasteiger partial charge in [0.1, 0.15) is 5.75 Å². The zero-order valence-electron chi connectivity index (χ0n) is 7.52. The summed E-state index contributed by atoms with van der Waals surface area (Å²) in [6.45, 7) is 0. The van der Waals surface area contributed by atoms with Crippen LogP contribution in [0.25, 0.3) is 0 Å².